The molecule has 0 aliphatic heterocycles. The van der Waals surface area contributed by atoms with E-state index in [1.165, 1.54) is 0 Å². The number of methoxy groups -OCH3 is 1. The Balaban J connectivity index is 2.06. The Morgan fingerprint density at radius 2 is 2.00 bits per heavy atom. The van der Waals surface area contributed by atoms with Gasteiger partial charge >= 0.3 is 6.03 Å². The number of nitrogens with one attached hydrogen (secondary N) is 2. The average Bonchev–Trinajstić information content (AvgIpc) is 2.55. The van der Waals surface area contributed by atoms with Crippen molar-refractivity contribution in [3.63, 3.8) is 0 Å². The molecule has 0 saturated heterocycles. The second-order valence-corrected chi connectivity index (χ2v) is 5.30. The van der Waals surface area contributed by atoms with Crippen molar-refractivity contribution in [2.24, 2.45) is 0 Å². The minimum absolute atomic E-state index is 0.160. The topological polar surface area (TPSA) is 79.4 Å². The minimum atomic E-state index is -0.326. The molecule has 23 heavy (non-hydrogen) atoms. The first-order valence-electron chi connectivity index (χ1n) is 7.22. The summed E-state index contributed by atoms with van der Waals surface area (Å²) in [6, 6.07) is 10.5. The van der Waals surface area contributed by atoms with Crippen LogP contribution in [0.1, 0.15) is 11.6 Å². The van der Waals surface area contributed by atoms with Crippen LogP contribution in [0.2, 0.25) is 0 Å². The van der Waals surface area contributed by atoms with Crippen molar-refractivity contribution in [1.29, 1.82) is 0 Å². The third kappa shape index (κ3) is 5.23. The third-order valence-electron chi connectivity index (χ3n) is 3.19. The summed E-state index contributed by atoms with van der Waals surface area (Å²) in [6.45, 7) is 0.667. The number of benzene rings is 1. The Morgan fingerprint density at radius 1 is 1.26 bits per heavy atom. The first-order valence-corrected chi connectivity index (χ1v) is 7.22. The van der Waals surface area contributed by atoms with Crippen LogP contribution in [-0.2, 0) is 0 Å². The second-order valence-electron chi connectivity index (χ2n) is 5.30. The fraction of sp³-hybridized carbons (Fsp3) is 0.312. The molecule has 7 heteroatoms. The van der Waals surface area contributed by atoms with Gasteiger partial charge in [-0.3, -0.25) is 5.32 Å². The number of rotatable bonds is 6. The summed E-state index contributed by atoms with van der Waals surface area (Å²) in [6.07, 6.45) is 1.55. The van der Waals surface area contributed by atoms with Gasteiger partial charge in [0.2, 0.25) is 0 Å². The van der Waals surface area contributed by atoms with Crippen LogP contribution < -0.4 is 15.4 Å². The van der Waals surface area contributed by atoms with E-state index in [2.05, 4.69) is 20.8 Å². The largest absolute Gasteiger partial charge is 0.497 e. The van der Waals surface area contributed by atoms with Crippen LogP contribution >= 0.6 is 0 Å². The van der Waals surface area contributed by atoms with E-state index in [0.717, 1.165) is 11.3 Å². The number of hydrogen-bond acceptors (Lipinski definition) is 5. The van der Waals surface area contributed by atoms with Crippen LogP contribution in [0.25, 0.3) is 0 Å². The summed E-state index contributed by atoms with van der Waals surface area (Å²) in [7, 11) is 5.54. The van der Waals surface area contributed by atoms with E-state index in [4.69, 9.17) is 4.74 Å². The summed E-state index contributed by atoms with van der Waals surface area (Å²) >= 11 is 0. The van der Waals surface area contributed by atoms with E-state index in [9.17, 15) is 4.79 Å². The number of urea groups is 1. The minimum Gasteiger partial charge on any atom is -0.497 e. The number of likely N-dealkylation sites (N-methyl/N-ethyl adjacent to an activating group) is 1. The fourth-order valence-corrected chi connectivity index (χ4v) is 2.11. The van der Waals surface area contributed by atoms with Gasteiger partial charge in [-0.05, 0) is 43.9 Å². The molecule has 0 aliphatic rings. The number of nitrogens with zero attached hydrogens (tertiary/aromatic N) is 3. The van der Waals surface area contributed by atoms with Crippen LogP contribution in [0, 0.1) is 0 Å². The quantitative estimate of drug-likeness (QED) is 0.851. The monoisotopic (exact) mass is 315 g/mol. The molecule has 1 heterocycles. The summed E-state index contributed by atoms with van der Waals surface area (Å²) < 4.78 is 5.16. The highest BCUT2D eigenvalue weighted by molar-refractivity contribution is 5.88. The Labute approximate surface area is 135 Å². The zero-order chi connectivity index (χ0) is 16.7. The smallest absolute Gasteiger partial charge is 0.320 e. The number of carbonyl (C=O) groups is 1. The van der Waals surface area contributed by atoms with E-state index >= 15 is 0 Å². The fourth-order valence-electron chi connectivity index (χ4n) is 2.11. The van der Waals surface area contributed by atoms with Crippen molar-refractivity contribution in [2.75, 3.05) is 33.1 Å². The highest BCUT2D eigenvalue weighted by Crippen LogP contribution is 2.18. The highest BCUT2D eigenvalue weighted by atomic mass is 16.5. The standard InChI is InChI=1S/C16H21N5O2/c1-21(2)11-14(12-6-8-13(23-3)9-7-12)18-16(22)19-15-5-4-10-17-20-15/h4-10,14H,11H2,1-3H3,(H2,18,19,20,22)/t14-/m1/s1. The lowest BCUT2D eigenvalue weighted by molar-refractivity contribution is 0.244. The van der Waals surface area contributed by atoms with Gasteiger partial charge in [0.25, 0.3) is 0 Å². The van der Waals surface area contributed by atoms with Gasteiger partial charge in [0.15, 0.2) is 5.82 Å². The van der Waals surface area contributed by atoms with Gasteiger partial charge in [-0.25, -0.2) is 4.79 Å². The molecule has 0 aliphatic carbocycles. The molecule has 0 spiro atoms. The Hall–Kier alpha value is -2.67. The van der Waals surface area contributed by atoms with Crippen molar-refractivity contribution in [1.82, 2.24) is 20.4 Å². The van der Waals surface area contributed by atoms with Crippen molar-refractivity contribution in [3.05, 3.63) is 48.2 Å². The second kappa shape index (κ2) is 8.09. The Kier molecular flexibility index (Phi) is 5.87. The molecule has 1 atom stereocenters. The van der Waals surface area contributed by atoms with Gasteiger partial charge in [-0.15, -0.1) is 5.10 Å². The summed E-state index contributed by atoms with van der Waals surface area (Å²) in [4.78, 5) is 14.2. The average molecular weight is 315 g/mol. The van der Waals surface area contributed by atoms with Crippen molar-refractivity contribution < 1.29 is 9.53 Å². The molecule has 1 aromatic heterocycles. The lowest BCUT2D eigenvalue weighted by Gasteiger charge is -2.23. The van der Waals surface area contributed by atoms with Gasteiger partial charge in [0.1, 0.15) is 5.75 Å². The van der Waals surface area contributed by atoms with E-state index < -0.39 is 0 Å². The predicted octanol–water partition coefficient (Wildman–Crippen LogP) is 1.91. The SMILES string of the molecule is COc1ccc([C@@H](CN(C)C)NC(=O)Nc2cccnn2)cc1. The number of anilines is 1. The predicted molar refractivity (Wildman–Crippen MR) is 88.5 cm³/mol. The molecule has 7 nitrogen and oxygen atoms in total. The van der Waals surface area contributed by atoms with Crippen LogP contribution in [0.3, 0.4) is 0 Å². The van der Waals surface area contributed by atoms with Gasteiger partial charge in [0.05, 0.1) is 13.2 Å². The van der Waals surface area contributed by atoms with Crippen LogP contribution in [0.5, 0.6) is 5.75 Å². The van der Waals surface area contributed by atoms with Crippen LogP contribution in [0.4, 0.5) is 10.6 Å². The van der Waals surface area contributed by atoms with Crippen molar-refractivity contribution in [2.45, 2.75) is 6.04 Å². The number of carbonyl (C=O) groups excluding carboxylic acids is 1. The molecular formula is C16H21N5O2. The molecule has 0 saturated carbocycles. The van der Waals surface area contributed by atoms with Crippen molar-refractivity contribution >= 4 is 11.8 Å². The third-order valence-corrected chi connectivity index (χ3v) is 3.19. The van der Waals surface area contributed by atoms with Crippen molar-refractivity contribution in [3.8, 4) is 5.75 Å². The zero-order valence-electron chi connectivity index (χ0n) is 13.5. The first kappa shape index (κ1) is 16.7. The summed E-state index contributed by atoms with van der Waals surface area (Å²) in [5.74, 6) is 1.18. The molecular weight excluding hydrogens is 294 g/mol. The van der Waals surface area contributed by atoms with Gasteiger partial charge in [-0.1, -0.05) is 12.1 Å². The molecule has 0 unspecified atom stereocenters. The van der Waals surface area contributed by atoms with E-state index in [1.54, 1.807) is 25.4 Å². The zero-order valence-corrected chi connectivity index (χ0v) is 13.5. The maximum Gasteiger partial charge on any atom is 0.320 e. The molecule has 0 bridgehead atoms. The maximum atomic E-state index is 12.2. The van der Waals surface area contributed by atoms with E-state index in [-0.39, 0.29) is 12.1 Å². The molecule has 2 rings (SSSR count). The normalized spacial score (nSPS) is 11.8. The van der Waals surface area contributed by atoms with Gasteiger partial charge < -0.3 is 15.0 Å². The van der Waals surface area contributed by atoms with Gasteiger partial charge in [0, 0.05) is 12.7 Å². The lowest BCUT2D eigenvalue weighted by Crippen LogP contribution is -2.38. The van der Waals surface area contributed by atoms with Crippen LogP contribution in [-0.4, -0.2) is 48.9 Å². The number of hydrogen-bond donors (Lipinski definition) is 2. The summed E-state index contributed by atoms with van der Waals surface area (Å²) in [5, 5.41) is 13.2. The molecule has 1 aromatic carbocycles. The number of ether oxygens (including phenoxy) is 1. The first-order chi connectivity index (χ1) is 11.1. The molecule has 2 aromatic rings. The Morgan fingerprint density at radius 3 is 2.57 bits per heavy atom. The molecule has 0 radical (unpaired) electrons. The number of aromatic nitrogens is 2. The van der Waals surface area contributed by atoms with Crippen LogP contribution in [0.15, 0.2) is 42.6 Å². The molecule has 122 valence electrons. The van der Waals surface area contributed by atoms with E-state index in [1.807, 2.05) is 43.3 Å². The van der Waals surface area contributed by atoms with E-state index in [0.29, 0.717) is 12.4 Å². The Bertz CT molecular complexity index is 616. The number of amides is 2. The maximum absolute atomic E-state index is 12.2. The lowest BCUT2D eigenvalue weighted by atomic mass is 10.1. The van der Waals surface area contributed by atoms with Gasteiger partial charge in [-0.2, -0.15) is 5.10 Å². The molecule has 2 N–H and O–H groups in total. The molecule has 2 amide bonds. The summed E-state index contributed by atoms with van der Waals surface area (Å²) in [5.41, 5.74) is 0.994. The highest BCUT2D eigenvalue weighted by Gasteiger charge is 2.16. The molecule has 0 fully saturated rings.